The summed E-state index contributed by atoms with van der Waals surface area (Å²) in [4.78, 5) is 6.48. The summed E-state index contributed by atoms with van der Waals surface area (Å²) in [5.74, 6) is 0.953. The lowest BCUT2D eigenvalue weighted by atomic mass is 10.2. The molecule has 3 heteroatoms. The standard InChI is InChI=1S/C12H20N2O/c1-5-9(2)14(4)12-7-6-11(8-13-12)10(3)15/h6-10,15H,5H2,1-4H3. The molecule has 0 saturated carbocycles. The van der Waals surface area contributed by atoms with Crippen LogP contribution in [0.2, 0.25) is 0 Å². The third-order valence-corrected chi connectivity index (χ3v) is 2.87. The van der Waals surface area contributed by atoms with Gasteiger partial charge in [0.1, 0.15) is 5.82 Å². The molecule has 0 amide bonds. The van der Waals surface area contributed by atoms with Gasteiger partial charge in [-0.2, -0.15) is 0 Å². The van der Waals surface area contributed by atoms with Crippen molar-refractivity contribution in [1.29, 1.82) is 0 Å². The fraction of sp³-hybridized carbons (Fsp3) is 0.583. The largest absolute Gasteiger partial charge is 0.389 e. The Morgan fingerprint density at radius 3 is 2.47 bits per heavy atom. The molecule has 0 aliphatic heterocycles. The van der Waals surface area contributed by atoms with Crippen LogP contribution >= 0.6 is 0 Å². The maximum Gasteiger partial charge on any atom is 0.128 e. The minimum atomic E-state index is -0.444. The Hall–Kier alpha value is -1.09. The molecule has 1 rings (SSSR count). The number of rotatable bonds is 4. The average Bonchev–Trinajstić information content (AvgIpc) is 2.27. The van der Waals surface area contributed by atoms with Gasteiger partial charge in [-0.25, -0.2) is 4.98 Å². The van der Waals surface area contributed by atoms with Gasteiger partial charge in [0.2, 0.25) is 0 Å². The molecule has 84 valence electrons. The number of pyridine rings is 1. The van der Waals surface area contributed by atoms with Crippen molar-refractivity contribution in [3.05, 3.63) is 23.9 Å². The van der Waals surface area contributed by atoms with Crippen molar-refractivity contribution < 1.29 is 5.11 Å². The zero-order chi connectivity index (χ0) is 11.4. The summed E-state index contributed by atoms with van der Waals surface area (Å²) < 4.78 is 0. The zero-order valence-corrected chi connectivity index (χ0v) is 9.94. The van der Waals surface area contributed by atoms with Crippen LogP contribution in [-0.2, 0) is 0 Å². The van der Waals surface area contributed by atoms with Crippen molar-refractivity contribution in [3.63, 3.8) is 0 Å². The molecule has 3 nitrogen and oxygen atoms in total. The Bertz CT molecular complexity index is 295. The van der Waals surface area contributed by atoms with Gasteiger partial charge in [-0.3, -0.25) is 0 Å². The first-order valence-corrected chi connectivity index (χ1v) is 5.43. The number of nitrogens with zero attached hydrogens (tertiary/aromatic N) is 2. The van der Waals surface area contributed by atoms with Crippen molar-refractivity contribution in [2.45, 2.75) is 39.3 Å². The Balaban J connectivity index is 2.79. The molecule has 0 radical (unpaired) electrons. The highest BCUT2D eigenvalue weighted by Crippen LogP contribution is 2.17. The van der Waals surface area contributed by atoms with Crippen LogP contribution in [0.3, 0.4) is 0 Å². The molecule has 0 spiro atoms. The van der Waals surface area contributed by atoms with Gasteiger partial charge in [-0.15, -0.1) is 0 Å². The topological polar surface area (TPSA) is 36.4 Å². The molecule has 0 aliphatic carbocycles. The maximum atomic E-state index is 9.35. The second-order valence-corrected chi connectivity index (χ2v) is 3.99. The SMILES string of the molecule is CCC(C)N(C)c1ccc(C(C)O)cn1. The van der Waals surface area contributed by atoms with E-state index in [1.54, 1.807) is 13.1 Å². The predicted octanol–water partition coefficient (Wildman–Crippen LogP) is 2.37. The Kier molecular flexibility index (Phi) is 4.09. The molecule has 0 aromatic carbocycles. The highest BCUT2D eigenvalue weighted by molar-refractivity contribution is 5.39. The van der Waals surface area contributed by atoms with Crippen molar-refractivity contribution in [1.82, 2.24) is 4.98 Å². The van der Waals surface area contributed by atoms with Crippen molar-refractivity contribution in [2.24, 2.45) is 0 Å². The van der Waals surface area contributed by atoms with Crippen LogP contribution in [0.25, 0.3) is 0 Å². The number of aliphatic hydroxyl groups excluding tert-OH is 1. The van der Waals surface area contributed by atoms with Crippen LogP contribution in [-0.4, -0.2) is 23.2 Å². The molecule has 15 heavy (non-hydrogen) atoms. The summed E-state index contributed by atoms with van der Waals surface area (Å²) in [6.45, 7) is 6.07. The summed E-state index contributed by atoms with van der Waals surface area (Å²) in [7, 11) is 2.04. The molecule has 1 heterocycles. The molecule has 0 aliphatic rings. The van der Waals surface area contributed by atoms with Gasteiger partial charge in [0.25, 0.3) is 0 Å². The monoisotopic (exact) mass is 208 g/mol. The van der Waals surface area contributed by atoms with Crippen LogP contribution in [0.4, 0.5) is 5.82 Å². The molecular formula is C12H20N2O. The van der Waals surface area contributed by atoms with E-state index < -0.39 is 6.10 Å². The van der Waals surface area contributed by atoms with Gasteiger partial charge in [-0.1, -0.05) is 13.0 Å². The Labute approximate surface area is 91.8 Å². The van der Waals surface area contributed by atoms with Crippen LogP contribution in [0, 0.1) is 0 Å². The average molecular weight is 208 g/mol. The quantitative estimate of drug-likeness (QED) is 0.825. The fourth-order valence-electron chi connectivity index (χ4n) is 1.35. The van der Waals surface area contributed by atoms with Crippen LogP contribution < -0.4 is 4.90 Å². The lowest BCUT2D eigenvalue weighted by Gasteiger charge is -2.25. The molecular weight excluding hydrogens is 188 g/mol. The van der Waals surface area contributed by atoms with Crippen molar-refractivity contribution in [2.75, 3.05) is 11.9 Å². The normalized spacial score (nSPS) is 14.7. The van der Waals surface area contributed by atoms with E-state index in [0.717, 1.165) is 17.8 Å². The summed E-state index contributed by atoms with van der Waals surface area (Å²) in [5.41, 5.74) is 0.858. The molecule has 0 saturated heterocycles. The molecule has 0 bridgehead atoms. The molecule has 2 atom stereocenters. The Morgan fingerprint density at radius 1 is 1.40 bits per heavy atom. The summed E-state index contributed by atoms with van der Waals surface area (Å²) in [6, 6.07) is 4.36. The second kappa shape index (κ2) is 5.12. The third kappa shape index (κ3) is 2.93. The first kappa shape index (κ1) is 12.0. The summed E-state index contributed by atoms with van der Waals surface area (Å²) in [5, 5.41) is 9.35. The van der Waals surface area contributed by atoms with E-state index >= 15 is 0 Å². The second-order valence-electron chi connectivity index (χ2n) is 3.99. The number of aliphatic hydroxyl groups is 1. The fourth-order valence-corrected chi connectivity index (χ4v) is 1.35. The first-order valence-electron chi connectivity index (χ1n) is 5.43. The lowest BCUT2D eigenvalue weighted by Crippen LogP contribution is -2.28. The summed E-state index contributed by atoms with van der Waals surface area (Å²) >= 11 is 0. The smallest absolute Gasteiger partial charge is 0.128 e. The van der Waals surface area contributed by atoms with E-state index in [1.165, 1.54) is 0 Å². The van der Waals surface area contributed by atoms with Crippen molar-refractivity contribution in [3.8, 4) is 0 Å². The first-order chi connectivity index (χ1) is 7.06. The minimum absolute atomic E-state index is 0.444. The van der Waals surface area contributed by atoms with Gasteiger partial charge < -0.3 is 10.0 Å². The maximum absolute atomic E-state index is 9.35. The number of hydrogen-bond acceptors (Lipinski definition) is 3. The minimum Gasteiger partial charge on any atom is -0.389 e. The summed E-state index contributed by atoms with van der Waals surface area (Å²) in [6.07, 6.45) is 2.38. The molecule has 0 fully saturated rings. The van der Waals surface area contributed by atoms with Crippen LogP contribution in [0.5, 0.6) is 0 Å². The predicted molar refractivity (Wildman–Crippen MR) is 63.0 cm³/mol. The number of aromatic nitrogens is 1. The van der Waals surface area contributed by atoms with Crippen LogP contribution in [0.1, 0.15) is 38.9 Å². The Morgan fingerprint density at radius 2 is 2.07 bits per heavy atom. The molecule has 1 aromatic heterocycles. The lowest BCUT2D eigenvalue weighted by molar-refractivity contribution is 0.199. The van der Waals surface area contributed by atoms with Gasteiger partial charge in [0.15, 0.2) is 0 Å². The van der Waals surface area contributed by atoms with E-state index in [2.05, 4.69) is 23.7 Å². The van der Waals surface area contributed by atoms with E-state index in [1.807, 2.05) is 19.2 Å². The van der Waals surface area contributed by atoms with Gasteiger partial charge >= 0.3 is 0 Å². The number of anilines is 1. The highest BCUT2D eigenvalue weighted by Gasteiger charge is 2.09. The van der Waals surface area contributed by atoms with Crippen LogP contribution in [0.15, 0.2) is 18.3 Å². The van der Waals surface area contributed by atoms with E-state index in [0.29, 0.717) is 6.04 Å². The zero-order valence-electron chi connectivity index (χ0n) is 9.94. The van der Waals surface area contributed by atoms with E-state index in [9.17, 15) is 5.11 Å². The van der Waals surface area contributed by atoms with Gasteiger partial charge in [0.05, 0.1) is 6.10 Å². The molecule has 2 unspecified atom stereocenters. The highest BCUT2D eigenvalue weighted by atomic mass is 16.3. The number of hydrogen-bond donors (Lipinski definition) is 1. The molecule has 1 aromatic rings. The van der Waals surface area contributed by atoms with E-state index in [-0.39, 0.29) is 0 Å². The van der Waals surface area contributed by atoms with Crippen molar-refractivity contribution >= 4 is 5.82 Å². The van der Waals surface area contributed by atoms with E-state index in [4.69, 9.17) is 0 Å². The van der Waals surface area contributed by atoms with Gasteiger partial charge in [0, 0.05) is 19.3 Å². The molecule has 1 N–H and O–H groups in total. The third-order valence-electron chi connectivity index (χ3n) is 2.87. The van der Waals surface area contributed by atoms with Gasteiger partial charge in [-0.05, 0) is 31.9 Å².